The smallest absolute Gasteiger partial charge is 0.123 e. The van der Waals surface area contributed by atoms with Gasteiger partial charge in [0.05, 0.1) is 18.7 Å². The topological polar surface area (TPSA) is 28.6 Å². The van der Waals surface area contributed by atoms with Crippen molar-refractivity contribution in [1.82, 2.24) is 9.88 Å². The molecule has 0 bridgehead atoms. The lowest BCUT2D eigenvalue weighted by Gasteiger charge is -2.41. The summed E-state index contributed by atoms with van der Waals surface area (Å²) in [6.45, 7) is 5.30. The average Bonchev–Trinajstić information content (AvgIpc) is 2.86. The second-order valence-corrected chi connectivity index (χ2v) is 8.69. The molecule has 0 atom stereocenters. The lowest BCUT2D eigenvalue weighted by atomic mass is 9.96. The molecule has 0 saturated carbocycles. The maximum Gasteiger partial charge on any atom is 0.123 e. The SMILES string of the molecule is COc1ccc2nc(C)cc(N3CCN(C(c4ccc(F)cc4)c4ccc(F)cc4)CC3)c2c1. The van der Waals surface area contributed by atoms with Crippen molar-refractivity contribution in [2.45, 2.75) is 13.0 Å². The number of hydrogen-bond donors (Lipinski definition) is 0. The second kappa shape index (κ2) is 9.39. The third-order valence-corrected chi connectivity index (χ3v) is 6.51. The minimum absolute atomic E-state index is 0.0700. The number of benzene rings is 3. The molecule has 2 heterocycles. The Balaban J connectivity index is 1.44. The highest BCUT2D eigenvalue weighted by molar-refractivity contribution is 5.93. The van der Waals surface area contributed by atoms with Crippen molar-refractivity contribution >= 4 is 16.6 Å². The molecule has 0 amide bonds. The Labute approximate surface area is 198 Å². The van der Waals surface area contributed by atoms with Gasteiger partial charge in [-0.25, -0.2) is 8.78 Å². The summed E-state index contributed by atoms with van der Waals surface area (Å²) in [6.07, 6.45) is 0. The number of methoxy groups -OCH3 is 1. The number of piperazine rings is 1. The first-order chi connectivity index (χ1) is 16.5. The zero-order valence-electron chi connectivity index (χ0n) is 19.3. The number of aryl methyl sites for hydroxylation is 1. The predicted octanol–water partition coefficient (Wildman–Crippen LogP) is 5.74. The highest BCUT2D eigenvalue weighted by Gasteiger charge is 2.27. The molecule has 6 heteroatoms. The van der Waals surface area contributed by atoms with Crippen LogP contribution >= 0.6 is 0 Å². The Morgan fingerprint density at radius 1 is 0.794 bits per heavy atom. The molecule has 0 N–H and O–H groups in total. The van der Waals surface area contributed by atoms with E-state index in [1.54, 1.807) is 7.11 Å². The molecule has 0 spiro atoms. The molecule has 1 aliphatic rings. The van der Waals surface area contributed by atoms with Crippen LogP contribution in [0.2, 0.25) is 0 Å². The summed E-state index contributed by atoms with van der Waals surface area (Å²) < 4.78 is 32.7. The molecule has 5 rings (SSSR count). The van der Waals surface area contributed by atoms with Gasteiger partial charge < -0.3 is 9.64 Å². The highest BCUT2D eigenvalue weighted by Crippen LogP contribution is 2.34. The summed E-state index contributed by atoms with van der Waals surface area (Å²) in [6, 6.07) is 21.3. The van der Waals surface area contributed by atoms with Gasteiger partial charge in [0.25, 0.3) is 0 Å². The van der Waals surface area contributed by atoms with Gasteiger partial charge in [0.2, 0.25) is 0 Å². The van der Waals surface area contributed by atoms with Gasteiger partial charge in [-0.3, -0.25) is 9.88 Å². The van der Waals surface area contributed by atoms with Gasteiger partial charge in [-0.1, -0.05) is 24.3 Å². The lowest BCUT2D eigenvalue weighted by Crippen LogP contribution is -2.48. The summed E-state index contributed by atoms with van der Waals surface area (Å²) in [7, 11) is 1.67. The Kier molecular flexibility index (Phi) is 6.16. The van der Waals surface area contributed by atoms with Gasteiger partial charge in [0.1, 0.15) is 17.4 Å². The Morgan fingerprint density at radius 3 is 1.94 bits per heavy atom. The van der Waals surface area contributed by atoms with Crippen LogP contribution in [0.3, 0.4) is 0 Å². The molecule has 1 fully saturated rings. The lowest BCUT2D eigenvalue weighted by molar-refractivity contribution is 0.212. The number of anilines is 1. The molecule has 174 valence electrons. The van der Waals surface area contributed by atoms with Crippen molar-refractivity contribution < 1.29 is 13.5 Å². The maximum absolute atomic E-state index is 13.6. The van der Waals surface area contributed by atoms with Gasteiger partial charge in [-0.2, -0.15) is 0 Å². The fourth-order valence-electron chi connectivity index (χ4n) is 4.83. The average molecular weight is 460 g/mol. The minimum atomic E-state index is -0.262. The molecule has 0 radical (unpaired) electrons. The number of rotatable bonds is 5. The molecular weight excluding hydrogens is 432 g/mol. The molecular formula is C28H27F2N3O. The number of ether oxygens (including phenoxy) is 1. The fraction of sp³-hybridized carbons (Fsp3) is 0.250. The monoisotopic (exact) mass is 459 g/mol. The standard InChI is InChI=1S/C28H27F2N3O/c1-19-17-27(25-18-24(34-2)11-12-26(25)31-19)32-13-15-33(16-14-32)28(20-3-7-22(29)8-4-20)21-5-9-23(30)10-6-21/h3-12,17-18,28H,13-16H2,1-2H3. The highest BCUT2D eigenvalue weighted by atomic mass is 19.1. The van der Waals surface area contributed by atoms with Gasteiger partial charge in [0.15, 0.2) is 0 Å². The number of fused-ring (bicyclic) bond motifs is 1. The summed E-state index contributed by atoms with van der Waals surface area (Å²) in [4.78, 5) is 9.46. The van der Waals surface area contributed by atoms with E-state index in [2.05, 4.69) is 20.9 Å². The van der Waals surface area contributed by atoms with E-state index >= 15 is 0 Å². The minimum Gasteiger partial charge on any atom is -0.497 e. The number of aromatic nitrogens is 1. The van der Waals surface area contributed by atoms with Crippen molar-refractivity contribution in [1.29, 1.82) is 0 Å². The number of nitrogens with zero attached hydrogens (tertiary/aromatic N) is 3. The quantitative estimate of drug-likeness (QED) is 0.380. The number of halogens is 2. The predicted molar refractivity (Wildman–Crippen MR) is 131 cm³/mol. The molecule has 4 aromatic rings. The van der Waals surface area contributed by atoms with Crippen LogP contribution in [0.4, 0.5) is 14.5 Å². The molecule has 3 aromatic carbocycles. The van der Waals surface area contributed by atoms with Crippen molar-refractivity contribution in [3.8, 4) is 5.75 Å². The second-order valence-electron chi connectivity index (χ2n) is 8.69. The maximum atomic E-state index is 13.6. The van der Waals surface area contributed by atoms with E-state index in [0.29, 0.717) is 0 Å². The number of pyridine rings is 1. The first kappa shape index (κ1) is 22.3. The van der Waals surface area contributed by atoms with E-state index < -0.39 is 0 Å². The van der Waals surface area contributed by atoms with Crippen molar-refractivity contribution in [2.24, 2.45) is 0 Å². The molecule has 1 aliphatic heterocycles. The third kappa shape index (κ3) is 4.46. The van der Waals surface area contributed by atoms with E-state index in [0.717, 1.165) is 65.3 Å². The molecule has 1 saturated heterocycles. The Hall–Kier alpha value is -3.51. The largest absolute Gasteiger partial charge is 0.497 e. The summed E-state index contributed by atoms with van der Waals surface area (Å²) >= 11 is 0. The van der Waals surface area contributed by atoms with Crippen LogP contribution in [0, 0.1) is 18.6 Å². The van der Waals surface area contributed by atoms with Gasteiger partial charge in [-0.15, -0.1) is 0 Å². The first-order valence-corrected chi connectivity index (χ1v) is 11.5. The fourth-order valence-corrected chi connectivity index (χ4v) is 4.83. The van der Waals surface area contributed by atoms with Crippen LogP contribution in [0.1, 0.15) is 22.9 Å². The normalized spacial score (nSPS) is 14.7. The Morgan fingerprint density at radius 2 is 1.38 bits per heavy atom. The van der Waals surface area contributed by atoms with Gasteiger partial charge in [-0.05, 0) is 66.6 Å². The Bertz CT molecular complexity index is 1240. The molecule has 34 heavy (non-hydrogen) atoms. The summed E-state index contributed by atoms with van der Waals surface area (Å²) in [5.41, 5.74) is 5.08. The summed E-state index contributed by atoms with van der Waals surface area (Å²) in [5.74, 6) is 0.286. The van der Waals surface area contributed by atoms with Gasteiger partial charge in [0, 0.05) is 42.9 Å². The first-order valence-electron chi connectivity index (χ1n) is 11.5. The zero-order valence-corrected chi connectivity index (χ0v) is 19.3. The molecule has 1 aromatic heterocycles. The van der Waals surface area contributed by atoms with E-state index in [4.69, 9.17) is 4.74 Å². The van der Waals surface area contributed by atoms with E-state index in [9.17, 15) is 8.78 Å². The van der Waals surface area contributed by atoms with Gasteiger partial charge >= 0.3 is 0 Å². The van der Waals surface area contributed by atoms with Crippen LogP contribution in [-0.2, 0) is 0 Å². The van der Waals surface area contributed by atoms with E-state index in [1.165, 1.54) is 24.3 Å². The van der Waals surface area contributed by atoms with Crippen molar-refractivity contribution in [3.63, 3.8) is 0 Å². The molecule has 0 aliphatic carbocycles. The van der Waals surface area contributed by atoms with E-state index in [-0.39, 0.29) is 17.7 Å². The third-order valence-electron chi connectivity index (χ3n) is 6.51. The van der Waals surface area contributed by atoms with Crippen LogP contribution in [0.5, 0.6) is 5.75 Å². The van der Waals surface area contributed by atoms with Crippen LogP contribution in [0.25, 0.3) is 10.9 Å². The van der Waals surface area contributed by atoms with Crippen LogP contribution in [0.15, 0.2) is 72.8 Å². The zero-order chi connectivity index (χ0) is 23.7. The summed E-state index contributed by atoms with van der Waals surface area (Å²) in [5, 5.41) is 1.08. The molecule has 0 unspecified atom stereocenters. The molecule has 4 nitrogen and oxygen atoms in total. The van der Waals surface area contributed by atoms with Crippen LogP contribution in [-0.4, -0.2) is 43.2 Å². The van der Waals surface area contributed by atoms with Crippen molar-refractivity contribution in [3.05, 3.63) is 101 Å². The van der Waals surface area contributed by atoms with E-state index in [1.807, 2.05) is 49.4 Å². The number of hydrogen-bond acceptors (Lipinski definition) is 4. The van der Waals surface area contributed by atoms with Crippen molar-refractivity contribution in [2.75, 3.05) is 38.2 Å². The van der Waals surface area contributed by atoms with Crippen LogP contribution < -0.4 is 9.64 Å².